The van der Waals surface area contributed by atoms with Crippen molar-refractivity contribution in [2.45, 2.75) is 13.5 Å². The molecule has 1 N–H and O–H groups in total. The summed E-state index contributed by atoms with van der Waals surface area (Å²) in [6, 6.07) is 11.8. The Morgan fingerprint density at radius 1 is 1.29 bits per heavy atom. The van der Waals surface area contributed by atoms with Gasteiger partial charge in [0.05, 0.1) is 6.20 Å². The third kappa shape index (κ3) is 2.91. The van der Waals surface area contributed by atoms with Crippen LogP contribution in [0.4, 0.5) is 0 Å². The molecule has 0 aliphatic rings. The lowest BCUT2D eigenvalue weighted by Gasteiger charge is -2.09. The van der Waals surface area contributed by atoms with Gasteiger partial charge in [-0.15, -0.1) is 0 Å². The molecule has 1 heterocycles. The Labute approximate surface area is 101 Å². The largest absolute Gasteiger partial charge is 0.352 e. The number of hydrogen-bond acceptors (Lipinski definition) is 2. The summed E-state index contributed by atoms with van der Waals surface area (Å²) in [6.45, 7) is 2.03. The normalized spacial score (nSPS) is 9.94. The number of amides is 1. The molecule has 1 radical (unpaired) electrons. The number of benzene rings is 1. The quantitative estimate of drug-likeness (QED) is 0.870. The van der Waals surface area contributed by atoms with Crippen molar-refractivity contribution in [3.05, 3.63) is 54.4 Å². The summed E-state index contributed by atoms with van der Waals surface area (Å²) in [5, 5.41) is 2.80. The molecule has 0 fully saturated rings. The summed E-state index contributed by atoms with van der Waals surface area (Å²) in [7, 11) is 0. The summed E-state index contributed by atoms with van der Waals surface area (Å²) in [6.07, 6.45) is 4.64. The predicted octanol–water partition coefficient (Wildman–Crippen LogP) is 2.18. The molecule has 3 heteroatoms. The maximum atomic E-state index is 10.9. The molecule has 1 amide bonds. The minimum atomic E-state index is -0.0324. The highest BCUT2D eigenvalue weighted by molar-refractivity contribution is 5.73. The van der Waals surface area contributed by atoms with E-state index in [1.807, 2.05) is 36.4 Å². The number of carbonyl (C=O) groups is 1. The van der Waals surface area contributed by atoms with Crippen molar-refractivity contribution in [3.63, 3.8) is 0 Å². The fourth-order valence-corrected chi connectivity index (χ4v) is 1.63. The summed E-state index contributed by atoms with van der Waals surface area (Å²) in [4.78, 5) is 14.9. The first-order valence-corrected chi connectivity index (χ1v) is 5.43. The summed E-state index contributed by atoms with van der Waals surface area (Å²) >= 11 is 0. The number of pyridine rings is 1. The molecule has 2 aromatic rings. The predicted molar refractivity (Wildman–Crippen MR) is 66.0 cm³/mol. The van der Waals surface area contributed by atoms with Gasteiger partial charge in [-0.3, -0.25) is 9.78 Å². The van der Waals surface area contributed by atoms with Crippen molar-refractivity contribution < 1.29 is 4.79 Å². The number of nitrogens with zero attached hydrogens (tertiary/aromatic N) is 1. The molecule has 1 aromatic carbocycles. The van der Waals surface area contributed by atoms with Gasteiger partial charge in [0.15, 0.2) is 0 Å². The van der Waals surface area contributed by atoms with Crippen molar-refractivity contribution in [1.29, 1.82) is 0 Å². The second-order valence-corrected chi connectivity index (χ2v) is 3.73. The Balaban J connectivity index is 2.31. The highest BCUT2D eigenvalue weighted by Gasteiger charge is 2.04. The van der Waals surface area contributed by atoms with Gasteiger partial charge in [-0.2, -0.15) is 0 Å². The molecule has 0 unspecified atom stereocenters. The Bertz CT molecular complexity index is 509. The van der Waals surface area contributed by atoms with Crippen LogP contribution in [0.5, 0.6) is 0 Å². The van der Waals surface area contributed by atoms with Crippen LogP contribution in [0.2, 0.25) is 0 Å². The molecular formula is C14H13N2O. The highest BCUT2D eigenvalue weighted by atomic mass is 16.1. The average Bonchev–Trinajstić information content (AvgIpc) is 2.38. The van der Waals surface area contributed by atoms with Crippen LogP contribution in [0, 0.1) is 6.20 Å². The van der Waals surface area contributed by atoms with Gasteiger partial charge in [0.1, 0.15) is 0 Å². The van der Waals surface area contributed by atoms with E-state index in [0.717, 1.165) is 16.7 Å². The highest BCUT2D eigenvalue weighted by Crippen LogP contribution is 2.21. The molecule has 2 rings (SSSR count). The first-order chi connectivity index (χ1) is 8.27. The summed E-state index contributed by atoms with van der Waals surface area (Å²) < 4.78 is 0. The average molecular weight is 225 g/mol. The van der Waals surface area contributed by atoms with E-state index in [0.29, 0.717) is 6.54 Å². The Morgan fingerprint density at radius 2 is 2.12 bits per heavy atom. The molecule has 85 valence electrons. The molecule has 3 nitrogen and oxygen atoms in total. The first-order valence-electron chi connectivity index (χ1n) is 5.43. The van der Waals surface area contributed by atoms with Gasteiger partial charge in [-0.1, -0.05) is 30.3 Å². The van der Waals surface area contributed by atoms with E-state index in [2.05, 4.69) is 16.5 Å². The van der Waals surface area contributed by atoms with E-state index >= 15 is 0 Å². The third-order valence-electron chi connectivity index (χ3n) is 2.44. The monoisotopic (exact) mass is 225 g/mol. The van der Waals surface area contributed by atoms with Crippen molar-refractivity contribution >= 4 is 5.91 Å². The maximum absolute atomic E-state index is 10.9. The molecule has 0 aliphatic heterocycles. The molecular weight excluding hydrogens is 212 g/mol. The summed E-state index contributed by atoms with van der Waals surface area (Å²) in [5.74, 6) is -0.0324. The molecule has 0 saturated carbocycles. The van der Waals surface area contributed by atoms with E-state index in [9.17, 15) is 4.79 Å². The van der Waals surface area contributed by atoms with Gasteiger partial charge in [0.25, 0.3) is 0 Å². The van der Waals surface area contributed by atoms with Crippen molar-refractivity contribution in [3.8, 4) is 11.1 Å². The van der Waals surface area contributed by atoms with Crippen LogP contribution in [0.15, 0.2) is 42.6 Å². The van der Waals surface area contributed by atoms with Crippen LogP contribution in [0.3, 0.4) is 0 Å². The Hall–Kier alpha value is -2.16. The van der Waals surface area contributed by atoms with E-state index < -0.39 is 0 Å². The zero-order chi connectivity index (χ0) is 12.1. The molecule has 17 heavy (non-hydrogen) atoms. The summed E-state index contributed by atoms with van der Waals surface area (Å²) in [5.41, 5.74) is 3.05. The molecule has 1 aromatic heterocycles. The van der Waals surface area contributed by atoms with E-state index in [-0.39, 0.29) is 5.91 Å². The second-order valence-electron chi connectivity index (χ2n) is 3.73. The molecule has 0 atom stereocenters. The van der Waals surface area contributed by atoms with Crippen LogP contribution in [-0.4, -0.2) is 10.9 Å². The number of nitrogens with one attached hydrogen (secondary N) is 1. The zero-order valence-electron chi connectivity index (χ0n) is 9.60. The van der Waals surface area contributed by atoms with Crippen LogP contribution >= 0.6 is 0 Å². The lowest BCUT2D eigenvalue weighted by molar-refractivity contribution is -0.119. The fourth-order valence-electron chi connectivity index (χ4n) is 1.63. The molecule has 0 bridgehead atoms. The number of carbonyl (C=O) groups excluding carboxylic acids is 1. The molecule has 0 saturated heterocycles. The van der Waals surface area contributed by atoms with Gasteiger partial charge in [0.2, 0.25) is 5.91 Å². The SMILES string of the molecule is CC(=O)NCc1ccccc1-c1[c]nccc1. The van der Waals surface area contributed by atoms with Crippen molar-refractivity contribution in [1.82, 2.24) is 10.3 Å². The maximum Gasteiger partial charge on any atom is 0.217 e. The minimum absolute atomic E-state index is 0.0324. The third-order valence-corrected chi connectivity index (χ3v) is 2.44. The van der Waals surface area contributed by atoms with E-state index in [4.69, 9.17) is 0 Å². The second kappa shape index (κ2) is 5.25. The van der Waals surface area contributed by atoms with Gasteiger partial charge in [-0.05, 0) is 17.2 Å². The fraction of sp³-hybridized carbons (Fsp3) is 0.143. The smallest absolute Gasteiger partial charge is 0.217 e. The van der Waals surface area contributed by atoms with Crippen LogP contribution in [-0.2, 0) is 11.3 Å². The zero-order valence-corrected chi connectivity index (χ0v) is 9.60. The van der Waals surface area contributed by atoms with Gasteiger partial charge in [-0.25, -0.2) is 0 Å². The molecule has 0 spiro atoms. The lowest BCUT2D eigenvalue weighted by Crippen LogP contribution is -2.19. The first kappa shape index (κ1) is 11.3. The Kier molecular flexibility index (Phi) is 3.50. The van der Waals surface area contributed by atoms with Gasteiger partial charge >= 0.3 is 0 Å². The topological polar surface area (TPSA) is 42.0 Å². The lowest BCUT2D eigenvalue weighted by atomic mass is 10.0. The van der Waals surface area contributed by atoms with Crippen LogP contribution < -0.4 is 5.32 Å². The van der Waals surface area contributed by atoms with Crippen LogP contribution in [0.25, 0.3) is 11.1 Å². The van der Waals surface area contributed by atoms with Crippen molar-refractivity contribution in [2.75, 3.05) is 0 Å². The van der Waals surface area contributed by atoms with E-state index in [1.165, 1.54) is 6.92 Å². The number of rotatable bonds is 3. The number of hydrogen-bond donors (Lipinski definition) is 1. The minimum Gasteiger partial charge on any atom is -0.352 e. The van der Waals surface area contributed by atoms with Gasteiger partial charge < -0.3 is 5.32 Å². The van der Waals surface area contributed by atoms with Crippen molar-refractivity contribution in [2.24, 2.45) is 0 Å². The Morgan fingerprint density at radius 3 is 2.82 bits per heavy atom. The van der Waals surface area contributed by atoms with Gasteiger partial charge in [0, 0.05) is 25.2 Å². The molecule has 0 aliphatic carbocycles. The number of aromatic nitrogens is 1. The van der Waals surface area contributed by atoms with E-state index in [1.54, 1.807) is 6.20 Å². The van der Waals surface area contributed by atoms with Crippen LogP contribution in [0.1, 0.15) is 12.5 Å². The standard InChI is InChI=1S/C14H13N2O/c1-11(17)16-10-13-5-2-3-7-14(13)12-6-4-8-15-9-12/h2-8H,10H2,1H3,(H,16,17).